The van der Waals surface area contributed by atoms with Gasteiger partial charge in [0, 0.05) is 11.9 Å². The van der Waals surface area contributed by atoms with E-state index in [4.69, 9.17) is 34.8 Å². The minimum atomic E-state index is -0.695. The second kappa shape index (κ2) is 6.09. The number of rotatable bonds is 3. The fraction of sp³-hybridized carbons (Fsp3) is 0.200. The fourth-order valence-electron chi connectivity index (χ4n) is 0.956. The Morgan fingerprint density at radius 3 is 2.75 bits per heavy atom. The zero-order chi connectivity index (χ0) is 12.1. The Balaban J connectivity index is 2.81. The molecule has 1 unspecified atom stereocenters. The van der Waals surface area contributed by atoms with Crippen LogP contribution in [0.4, 0.5) is 0 Å². The molecule has 0 aromatic heterocycles. The highest BCUT2D eigenvalue weighted by Crippen LogP contribution is 2.26. The number of hydrogen-bond donors (Lipinski definition) is 0. The molecule has 0 fully saturated rings. The molecule has 0 amide bonds. The van der Waals surface area contributed by atoms with E-state index < -0.39 is 11.3 Å². The second-order valence-electron chi connectivity index (χ2n) is 2.91. The Labute approximate surface area is 108 Å². The Hall–Kier alpha value is -0.770. The summed E-state index contributed by atoms with van der Waals surface area (Å²) in [5, 5.41) is 3.21. The minimum absolute atomic E-state index is 0.0286. The van der Waals surface area contributed by atoms with Crippen LogP contribution >= 0.6 is 34.8 Å². The summed E-state index contributed by atoms with van der Waals surface area (Å²) in [4.78, 5) is 14.9. The molecule has 1 aromatic carbocycles. The first-order chi connectivity index (χ1) is 7.50. The molecule has 1 rings (SSSR count). The third-order valence-electron chi connectivity index (χ3n) is 1.61. The summed E-state index contributed by atoms with van der Waals surface area (Å²) >= 11 is 17.6. The maximum Gasteiger partial charge on any atom is 0.332 e. The molecular formula is C10H8Cl3NO2. The average Bonchev–Trinajstić information content (AvgIpc) is 2.24. The van der Waals surface area contributed by atoms with Crippen LogP contribution in [0.5, 0.6) is 0 Å². The number of benzene rings is 1. The maximum absolute atomic E-state index is 10.5. The van der Waals surface area contributed by atoms with Crippen molar-refractivity contribution in [1.29, 1.82) is 0 Å². The summed E-state index contributed by atoms with van der Waals surface area (Å²) in [6.07, 6.45) is 0. The SMILES string of the molecule is CC(=O)O/N=C(\Cl)C(Cl)c1cccc(Cl)c1. The molecule has 1 atom stereocenters. The van der Waals surface area contributed by atoms with Gasteiger partial charge in [-0.3, -0.25) is 0 Å². The Kier molecular flexibility index (Phi) is 5.06. The number of alkyl halides is 1. The summed E-state index contributed by atoms with van der Waals surface area (Å²) in [5.74, 6) is -0.562. The van der Waals surface area contributed by atoms with E-state index in [9.17, 15) is 4.79 Å². The topological polar surface area (TPSA) is 38.7 Å². The van der Waals surface area contributed by atoms with Gasteiger partial charge >= 0.3 is 5.97 Å². The summed E-state index contributed by atoms with van der Waals surface area (Å²) < 4.78 is 0. The molecule has 0 spiro atoms. The van der Waals surface area contributed by atoms with Gasteiger partial charge in [0.1, 0.15) is 5.38 Å². The van der Waals surface area contributed by atoms with Crippen molar-refractivity contribution in [2.45, 2.75) is 12.3 Å². The van der Waals surface area contributed by atoms with E-state index in [0.717, 1.165) is 0 Å². The van der Waals surface area contributed by atoms with Crippen molar-refractivity contribution < 1.29 is 9.63 Å². The molecule has 0 saturated heterocycles. The maximum atomic E-state index is 10.5. The highest BCUT2D eigenvalue weighted by molar-refractivity contribution is 6.70. The van der Waals surface area contributed by atoms with Gasteiger partial charge in [-0.1, -0.05) is 40.5 Å². The quantitative estimate of drug-likeness (QED) is 0.366. The van der Waals surface area contributed by atoms with Gasteiger partial charge in [-0.25, -0.2) is 4.79 Å². The van der Waals surface area contributed by atoms with Crippen molar-refractivity contribution in [3.05, 3.63) is 34.9 Å². The molecular weight excluding hydrogens is 272 g/mol. The first-order valence-electron chi connectivity index (χ1n) is 4.31. The van der Waals surface area contributed by atoms with Gasteiger partial charge in [0.15, 0.2) is 5.17 Å². The predicted octanol–water partition coefficient (Wildman–Crippen LogP) is 3.74. The van der Waals surface area contributed by atoms with Gasteiger partial charge in [-0.15, -0.1) is 11.6 Å². The lowest BCUT2D eigenvalue weighted by molar-refractivity contribution is -0.140. The number of halogens is 3. The molecule has 0 radical (unpaired) electrons. The number of hydrogen-bond acceptors (Lipinski definition) is 3. The van der Waals surface area contributed by atoms with Crippen molar-refractivity contribution in [2.24, 2.45) is 5.16 Å². The molecule has 3 nitrogen and oxygen atoms in total. The lowest BCUT2D eigenvalue weighted by atomic mass is 10.1. The van der Waals surface area contributed by atoms with E-state index >= 15 is 0 Å². The molecule has 0 N–H and O–H groups in total. The molecule has 0 aliphatic heterocycles. The average molecular weight is 281 g/mol. The van der Waals surface area contributed by atoms with E-state index in [2.05, 4.69) is 9.99 Å². The Bertz CT molecular complexity index is 420. The molecule has 0 aliphatic carbocycles. The lowest BCUT2D eigenvalue weighted by Gasteiger charge is -2.07. The lowest BCUT2D eigenvalue weighted by Crippen LogP contribution is -2.02. The largest absolute Gasteiger partial charge is 0.332 e. The number of nitrogens with zero attached hydrogens (tertiary/aromatic N) is 1. The van der Waals surface area contributed by atoms with Crippen molar-refractivity contribution >= 4 is 45.9 Å². The predicted molar refractivity (Wildman–Crippen MR) is 65.1 cm³/mol. The van der Waals surface area contributed by atoms with Gasteiger partial charge in [-0.05, 0) is 17.7 Å². The number of oxime groups is 1. The number of carbonyl (C=O) groups is 1. The van der Waals surface area contributed by atoms with Crippen LogP contribution < -0.4 is 0 Å². The van der Waals surface area contributed by atoms with Gasteiger partial charge in [0.25, 0.3) is 0 Å². The third kappa shape index (κ3) is 4.00. The smallest absolute Gasteiger partial charge is 0.317 e. The minimum Gasteiger partial charge on any atom is -0.317 e. The summed E-state index contributed by atoms with van der Waals surface area (Å²) in [5.41, 5.74) is 0.676. The van der Waals surface area contributed by atoms with Crippen LogP contribution in [0, 0.1) is 0 Å². The molecule has 6 heteroatoms. The fourth-order valence-corrected chi connectivity index (χ4v) is 1.49. The van der Waals surface area contributed by atoms with Gasteiger partial charge < -0.3 is 4.84 Å². The molecule has 1 aromatic rings. The van der Waals surface area contributed by atoms with Crippen molar-refractivity contribution in [1.82, 2.24) is 0 Å². The van der Waals surface area contributed by atoms with Gasteiger partial charge in [0.2, 0.25) is 0 Å². The molecule has 0 aliphatic rings. The van der Waals surface area contributed by atoms with E-state index in [0.29, 0.717) is 10.6 Å². The van der Waals surface area contributed by atoms with E-state index in [1.54, 1.807) is 24.3 Å². The Morgan fingerprint density at radius 1 is 1.50 bits per heavy atom. The van der Waals surface area contributed by atoms with Crippen LogP contribution in [0.2, 0.25) is 5.02 Å². The van der Waals surface area contributed by atoms with Crippen LogP contribution in [-0.4, -0.2) is 11.1 Å². The first-order valence-corrected chi connectivity index (χ1v) is 5.50. The van der Waals surface area contributed by atoms with Gasteiger partial charge in [-0.2, -0.15) is 0 Å². The molecule has 0 saturated carbocycles. The summed E-state index contributed by atoms with van der Waals surface area (Å²) in [7, 11) is 0. The normalized spacial score (nSPS) is 13.4. The highest BCUT2D eigenvalue weighted by Gasteiger charge is 2.14. The van der Waals surface area contributed by atoms with Crippen LogP contribution in [0.1, 0.15) is 17.9 Å². The van der Waals surface area contributed by atoms with Crippen LogP contribution in [0.3, 0.4) is 0 Å². The second-order valence-corrected chi connectivity index (χ2v) is 4.17. The molecule has 16 heavy (non-hydrogen) atoms. The molecule has 86 valence electrons. The van der Waals surface area contributed by atoms with Crippen molar-refractivity contribution in [3.8, 4) is 0 Å². The standard InChI is InChI=1S/C10H8Cl3NO2/c1-6(15)16-14-10(13)9(12)7-3-2-4-8(11)5-7/h2-5,9H,1H3/b14-10-. The van der Waals surface area contributed by atoms with E-state index in [-0.39, 0.29) is 5.17 Å². The zero-order valence-corrected chi connectivity index (χ0v) is 10.6. The molecule has 0 bridgehead atoms. The first kappa shape index (κ1) is 13.3. The van der Waals surface area contributed by atoms with Crippen LogP contribution in [-0.2, 0) is 9.63 Å². The Morgan fingerprint density at radius 2 is 2.19 bits per heavy atom. The van der Waals surface area contributed by atoms with E-state index in [1.165, 1.54) is 6.92 Å². The van der Waals surface area contributed by atoms with Gasteiger partial charge in [0.05, 0.1) is 0 Å². The highest BCUT2D eigenvalue weighted by atomic mass is 35.5. The van der Waals surface area contributed by atoms with Crippen LogP contribution in [0.15, 0.2) is 29.4 Å². The monoisotopic (exact) mass is 279 g/mol. The zero-order valence-electron chi connectivity index (χ0n) is 8.28. The van der Waals surface area contributed by atoms with Crippen LogP contribution in [0.25, 0.3) is 0 Å². The number of carbonyl (C=O) groups excluding carboxylic acids is 1. The van der Waals surface area contributed by atoms with Crippen molar-refractivity contribution in [3.63, 3.8) is 0 Å². The third-order valence-corrected chi connectivity index (χ3v) is 2.70. The summed E-state index contributed by atoms with van der Waals surface area (Å²) in [6.45, 7) is 1.22. The van der Waals surface area contributed by atoms with E-state index in [1.807, 2.05) is 0 Å². The molecule has 0 heterocycles. The van der Waals surface area contributed by atoms with Crippen molar-refractivity contribution in [2.75, 3.05) is 0 Å². The summed E-state index contributed by atoms with van der Waals surface area (Å²) in [6, 6.07) is 6.86.